The van der Waals surface area contributed by atoms with Gasteiger partial charge in [0.25, 0.3) is 0 Å². The van der Waals surface area contributed by atoms with E-state index in [4.69, 9.17) is 22.1 Å². The van der Waals surface area contributed by atoms with Gasteiger partial charge >= 0.3 is 0 Å². The van der Waals surface area contributed by atoms with Crippen LogP contribution in [-0.2, 0) is 0 Å². The van der Waals surface area contributed by atoms with Crippen molar-refractivity contribution in [2.45, 2.75) is 0 Å². The summed E-state index contributed by atoms with van der Waals surface area (Å²) in [5, 5.41) is -0.0165. The average molecular weight is 258 g/mol. The molecule has 1 aromatic carbocycles. The Morgan fingerprint density at radius 2 is 1.76 bits per heavy atom. The van der Waals surface area contributed by atoms with Crippen molar-refractivity contribution in [2.24, 2.45) is 0 Å². The van der Waals surface area contributed by atoms with E-state index in [1.165, 1.54) is 0 Å². The van der Waals surface area contributed by atoms with Crippen LogP contribution >= 0.6 is 11.6 Å². The number of aromatic nitrogens is 2. The molecule has 0 spiro atoms. The van der Waals surface area contributed by atoms with Crippen molar-refractivity contribution in [1.29, 1.82) is 0 Å². The Balaban J connectivity index is 2.34. The minimum Gasteiger partial charge on any atom is -0.437 e. The summed E-state index contributed by atoms with van der Waals surface area (Å²) >= 11 is 5.76. The van der Waals surface area contributed by atoms with Crippen LogP contribution in [0.3, 0.4) is 0 Å². The van der Waals surface area contributed by atoms with Gasteiger partial charge in [-0.25, -0.2) is 13.8 Å². The van der Waals surface area contributed by atoms with Crippen LogP contribution in [0.1, 0.15) is 0 Å². The quantitative estimate of drug-likeness (QED) is 0.899. The normalized spacial score (nSPS) is 10.3. The monoisotopic (exact) mass is 257 g/mol. The number of halogens is 3. The molecule has 2 rings (SSSR count). The third-order valence-corrected chi connectivity index (χ3v) is 2.19. The third-order valence-electron chi connectivity index (χ3n) is 1.84. The molecule has 7 heteroatoms. The van der Waals surface area contributed by atoms with E-state index in [2.05, 4.69) is 9.97 Å². The molecule has 1 heterocycles. The first-order valence-electron chi connectivity index (χ1n) is 4.46. The van der Waals surface area contributed by atoms with Crippen LogP contribution in [-0.4, -0.2) is 9.97 Å². The molecule has 0 saturated carbocycles. The second-order valence-electron chi connectivity index (χ2n) is 3.09. The number of nitrogens with two attached hydrogens (primary N) is 1. The van der Waals surface area contributed by atoms with Crippen molar-refractivity contribution in [3.8, 4) is 11.6 Å². The van der Waals surface area contributed by atoms with E-state index in [0.717, 1.165) is 24.5 Å². The highest BCUT2D eigenvalue weighted by molar-refractivity contribution is 6.34. The Hall–Kier alpha value is -1.95. The molecule has 2 N–H and O–H groups in total. The zero-order valence-corrected chi connectivity index (χ0v) is 9.08. The highest BCUT2D eigenvalue weighted by Gasteiger charge is 2.10. The summed E-state index contributed by atoms with van der Waals surface area (Å²) in [7, 11) is 0. The molecule has 1 aromatic heterocycles. The van der Waals surface area contributed by atoms with Crippen LogP contribution in [0.4, 0.5) is 14.6 Å². The summed E-state index contributed by atoms with van der Waals surface area (Å²) in [4.78, 5) is 7.33. The SMILES string of the molecule is Nc1ncnc(Oc2cc(F)cc(F)c2)c1Cl. The lowest BCUT2D eigenvalue weighted by molar-refractivity contribution is 0.451. The van der Waals surface area contributed by atoms with E-state index in [1.54, 1.807) is 0 Å². The number of ether oxygens (including phenoxy) is 1. The van der Waals surface area contributed by atoms with Crippen LogP contribution in [0.5, 0.6) is 11.6 Å². The predicted molar refractivity (Wildman–Crippen MR) is 57.9 cm³/mol. The van der Waals surface area contributed by atoms with E-state index in [1.807, 2.05) is 0 Å². The maximum atomic E-state index is 12.9. The number of anilines is 1. The molecule has 17 heavy (non-hydrogen) atoms. The highest BCUT2D eigenvalue weighted by Crippen LogP contribution is 2.30. The molecule has 0 bridgehead atoms. The average Bonchev–Trinajstić information content (AvgIpc) is 2.23. The molecule has 0 unspecified atom stereocenters. The third kappa shape index (κ3) is 2.59. The van der Waals surface area contributed by atoms with Crippen LogP contribution < -0.4 is 10.5 Å². The number of benzene rings is 1. The smallest absolute Gasteiger partial charge is 0.243 e. The molecule has 0 amide bonds. The standard InChI is InChI=1S/C10H6ClF2N3O/c11-8-9(14)15-4-16-10(8)17-7-2-5(12)1-6(13)3-7/h1-4H,(H2,14,15,16). The number of nitrogen functional groups attached to an aromatic ring is 1. The van der Waals surface area contributed by atoms with E-state index in [-0.39, 0.29) is 22.5 Å². The van der Waals surface area contributed by atoms with Crippen LogP contribution in [0.2, 0.25) is 5.02 Å². The number of rotatable bonds is 2. The minimum absolute atomic E-state index is 0.0165. The Morgan fingerprint density at radius 1 is 1.12 bits per heavy atom. The first-order chi connectivity index (χ1) is 8.06. The van der Waals surface area contributed by atoms with Crippen molar-refractivity contribution in [1.82, 2.24) is 9.97 Å². The van der Waals surface area contributed by atoms with Gasteiger partial charge in [0.15, 0.2) is 0 Å². The van der Waals surface area contributed by atoms with Crippen molar-refractivity contribution in [3.63, 3.8) is 0 Å². The van der Waals surface area contributed by atoms with Gasteiger partial charge in [-0.3, -0.25) is 0 Å². The summed E-state index contributed by atoms with van der Waals surface area (Å²) in [6, 6.07) is 2.72. The highest BCUT2D eigenvalue weighted by atomic mass is 35.5. The summed E-state index contributed by atoms with van der Waals surface area (Å²) in [6.07, 6.45) is 1.13. The number of hydrogen-bond acceptors (Lipinski definition) is 4. The van der Waals surface area contributed by atoms with Crippen LogP contribution in [0.15, 0.2) is 24.5 Å². The Kier molecular flexibility index (Phi) is 3.06. The first kappa shape index (κ1) is 11.5. The first-order valence-corrected chi connectivity index (χ1v) is 4.84. The van der Waals surface area contributed by atoms with Crippen molar-refractivity contribution in [3.05, 3.63) is 41.2 Å². The fraction of sp³-hybridized carbons (Fsp3) is 0. The lowest BCUT2D eigenvalue weighted by atomic mass is 10.3. The zero-order chi connectivity index (χ0) is 12.4. The van der Waals surface area contributed by atoms with Gasteiger partial charge in [-0.2, -0.15) is 4.98 Å². The molecular formula is C10H6ClF2N3O. The summed E-state index contributed by atoms with van der Waals surface area (Å²) in [6.45, 7) is 0. The predicted octanol–water partition coefficient (Wildman–Crippen LogP) is 2.78. The molecule has 88 valence electrons. The van der Waals surface area contributed by atoms with Crippen LogP contribution in [0.25, 0.3) is 0 Å². The molecule has 0 fully saturated rings. The number of nitrogens with zero attached hydrogens (tertiary/aromatic N) is 2. The van der Waals surface area contributed by atoms with Gasteiger partial charge in [-0.1, -0.05) is 11.6 Å². The summed E-state index contributed by atoms with van der Waals surface area (Å²) in [5.74, 6) is -1.64. The maximum Gasteiger partial charge on any atom is 0.243 e. The molecule has 0 radical (unpaired) electrons. The largest absolute Gasteiger partial charge is 0.437 e. The fourth-order valence-corrected chi connectivity index (χ4v) is 1.27. The number of hydrogen-bond donors (Lipinski definition) is 1. The fourth-order valence-electron chi connectivity index (χ4n) is 1.14. The minimum atomic E-state index is -0.766. The molecule has 0 aliphatic heterocycles. The second kappa shape index (κ2) is 4.50. The van der Waals surface area contributed by atoms with Gasteiger partial charge in [-0.05, 0) is 0 Å². The van der Waals surface area contributed by atoms with Crippen molar-refractivity contribution >= 4 is 17.4 Å². The molecule has 0 aliphatic rings. The molecule has 2 aromatic rings. The molecular weight excluding hydrogens is 252 g/mol. The maximum absolute atomic E-state index is 12.9. The van der Waals surface area contributed by atoms with Crippen molar-refractivity contribution < 1.29 is 13.5 Å². The van der Waals surface area contributed by atoms with Gasteiger partial charge in [-0.15, -0.1) is 0 Å². The van der Waals surface area contributed by atoms with Gasteiger partial charge in [0.2, 0.25) is 5.88 Å². The van der Waals surface area contributed by atoms with Crippen LogP contribution in [0, 0.1) is 11.6 Å². The lowest BCUT2D eigenvalue weighted by Crippen LogP contribution is -1.96. The van der Waals surface area contributed by atoms with Gasteiger partial charge in [0, 0.05) is 18.2 Å². The van der Waals surface area contributed by atoms with Gasteiger partial charge < -0.3 is 10.5 Å². The summed E-state index contributed by atoms with van der Waals surface area (Å²) in [5.41, 5.74) is 5.42. The van der Waals surface area contributed by atoms with E-state index in [9.17, 15) is 8.78 Å². The van der Waals surface area contributed by atoms with Crippen molar-refractivity contribution in [2.75, 3.05) is 5.73 Å². The Bertz CT molecular complexity index is 545. The van der Waals surface area contributed by atoms with Gasteiger partial charge in [0.05, 0.1) is 0 Å². The lowest BCUT2D eigenvalue weighted by Gasteiger charge is -2.07. The molecule has 4 nitrogen and oxygen atoms in total. The zero-order valence-electron chi connectivity index (χ0n) is 8.32. The van der Waals surface area contributed by atoms with E-state index in [0.29, 0.717) is 0 Å². The topological polar surface area (TPSA) is 61.0 Å². The summed E-state index contributed by atoms with van der Waals surface area (Å²) < 4.78 is 30.9. The van der Waals surface area contributed by atoms with Gasteiger partial charge in [0.1, 0.15) is 34.6 Å². The molecule has 0 atom stereocenters. The van der Waals surface area contributed by atoms with E-state index < -0.39 is 11.6 Å². The van der Waals surface area contributed by atoms with E-state index >= 15 is 0 Å². The Morgan fingerprint density at radius 3 is 2.41 bits per heavy atom. The second-order valence-corrected chi connectivity index (χ2v) is 3.46. The Labute approximate surface area is 100 Å². The molecule has 0 saturated heterocycles. The molecule has 0 aliphatic carbocycles.